The molecule has 0 fully saturated rings. The van der Waals surface area contributed by atoms with E-state index >= 15 is 0 Å². The number of nitrogens with zero attached hydrogens (tertiary/aromatic N) is 2. The summed E-state index contributed by atoms with van der Waals surface area (Å²) < 4.78 is 0. The van der Waals surface area contributed by atoms with Crippen LogP contribution in [0.15, 0.2) is 6.07 Å². The first-order valence-corrected chi connectivity index (χ1v) is 3.31. The van der Waals surface area contributed by atoms with Crippen LogP contribution in [0.4, 0.5) is 0 Å². The normalized spacial score (nSPS) is 9.80. The van der Waals surface area contributed by atoms with Crippen LogP contribution >= 0.6 is 11.6 Å². The fourth-order valence-corrected chi connectivity index (χ4v) is 0.815. The molecule has 0 aliphatic heterocycles. The Kier molecular flexibility index (Phi) is 2.06. The van der Waals surface area contributed by atoms with Gasteiger partial charge in [-0.05, 0) is 12.5 Å². The summed E-state index contributed by atoms with van der Waals surface area (Å²) in [5, 5.41) is 17.7. The molecule has 0 aromatic carbocycles. The molecule has 3 nitrogen and oxygen atoms in total. The van der Waals surface area contributed by atoms with Crippen LogP contribution < -0.4 is 0 Å². The Bertz CT molecular complexity index is 239. The smallest absolute Gasteiger partial charge is 0.265 e. The molecule has 0 spiro atoms. The second-order valence-corrected chi connectivity index (χ2v) is 2.24. The lowest BCUT2D eigenvalue weighted by Gasteiger charge is -1.94. The second-order valence-electron chi connectivity index (χ2n) is 1.85. The van der Waals surface area contributed by atoms with Gasteiger partial charge in [-0.25, -0.2) is 0 Å². The van der Waals surface area contributed by atoms with Gasteiger partial charge < -0.3 is 0 Å². The van der Waals surface area contributed by atoms with Crippen molar-refractivity contribution in [1.29, 1.82) is 0 Å². The van der Waals surface area contributed by atoms with Crippen LogP contribution in [-0.4, -0.2) is 10.2 Å². The molecule has 0 saturated heterocycles. The molecule has 0 aliphatic carbocycles. The highest BCUT2D eigenvalue weighted by molar-refractivity contribution is 6.29. The van der Waals surface area contributed by atoms with E-state index in [1.165, 1.54) is 6.07 Å². The summed E-state index contributed by atoms with van der Waals surface area (Å²) in [6.07, 6.45) is 0.647. The van der Waals surface area contributed by atoms with Crippen LogP contribution in [0.3, 0.4) is 0 Å². The fourth-order valence-electron chi connectivity index (χ4n) is 0.645. The molecule has 1 radical (unpaired) electrons. The van der Waals surface area contributed by atoms with Crippen LogP contribution in [0, 0.1) is 0 Å². The van der Waals surface area contributed by atoms with Crippen LogP contribution in [0.25, 0.3) is 0 Å². The largest absolute Gasteiger partial charge is 0.291 e. The van der Waals surface area contributed by atoms with E-state index in [4.69, 9.17) is 11.6 Å². The van der Waals surface area contributed by atoms with Crippen molar-refractivity contribution >= 4 is 11.6 Å². The predicted molar refractivity (Wildman–Crippen MR) is 36.6 cm³/mol. The van der Waals surface area contributed by atoms with Gasteiger partial charge in [-0.15, -0.1) is 10.2 Å². The molecule has 0 N–H and O–H groups in total. The van der Waals surface area contributed by atoms with Crippen molar-refractivity contribution in [3.05, 3.63) is 16.8 Å². The van der Waals surface area contributed by atoms with Gasteiger partial charge in [0.15, 0.2) is 5.15 Å². The van der Waals surface area contributed by atoms with E-state index in [0.29, 0.717) is 12.0 Å². The Hall–Kier alpha value is -0.830. The molecule has 0 bridgehead atoms. The van der Waals surface area contributed by atoms with Gasteiger partial charge in [0.2, 0.25) is 0 Å². The first-order valence-electron chi connectivity index (χ1n) is 2.93. The average molecular weight is 158 g/mol. The van der Waals surface area contributed by atoms with Gasteiger partial charge in [-0.3, -0.25) is 5.11 Å². The highest BCUT2D eigenvalue weighted by atomic mass is 35.5. The lowest BCUT2D eigenvalue weighted by Crippen LogP contribution is -1.87. The zero-order valence-corrected chi connectivity index (χ0v) is 6.22. The van der Waals surface area contributed by atoms with Gasteiger partial charge in [0.25, 0.3) is 5.88 Å². The molecule has 0 amide bonds. The number of hydrogen-bond acceptors (Lipinski definition) is 2. The standard InChI is InChI=1S/C6H6ClN2O/c1-2-4-3-5(7)8-9-6(4)10/h3H,2H2,1H3. The molecule has 1 aromatic heterocycles. The van der Waals surface area contributed by atoms with E-state index in [1.807, 2.05) is 6.92 Å². The molecule has 10 heavy (non-hydrogen) atoms. The first kappa shape index (κ1) is 7.28. The van der Waals surface area contributed by atoms with E-state index in [0.717, 1.165) is 0 Å². The van der Waals surface area contributed by atoms with Gasteiger partial charge in [-0.2, -0.15) is 0 Å². The first-order chi connectivity index (χ1) is 4.74. The van der Waals surface area contributed by atoms with Crippen LogP contribution in [0.5, 0.6) is 5.88 Å². The summed E-state index contributed by atoms with van der Waals surface area (Å²) in [6, 6.07) is 1.54. The Labute approximate surface area is 63.7 Å². The molecule has 0 saturated carbocycles. The van der Waals surface area contributed by atoms with Crippen LogP contribution in [0.2, 0.25) is 5.15 Å². The zero-order valence-electron chi connectivity index (χ0n) is 5.47. The Morgan fingerprint density at radius 2 is 2.30 bits per heavy atom. The highest BCUT2D eigenvalue weighted by Gasteiger charge is 2.02. The summed E-state index contributed by atoms with van der Waals surface area (Å²) in [7, 11) is 0. The minimum atomic E-state index is -0.285. The Morgan fingerprint density at radius 3 is 2.80 bits per heavy atom. The van der Waals surface area contributed by atoms with E-state index in [-0.39, 0.29) is 11.0 Å². The SMILES string of the molecule is CCc1cc(Cl)nnc1[O]. The van der Waals surface area contributed by atoms with Gasteiger partial charge in [0, 0.05) is 5.56 Å². The van der Waals surface area contributed by atoms with Crippen molar-refractivity contribution < 1.29 is 5.11 Å². The minimum absolute atomic E-state index is 0.274. The molecule has 53 valence electrons. The lowest BCUT2D eigenvalue weighted by molar-refractivity contribution is 0.327. The van der Waals surface area contributed by atoms with E-state index in [9.17, 15) is 5.11 Å². The molecule has 1 rings (SSSR count). The minimum Gasteiger partial charge on any atom is -0.265 e. The number of rotatable bonds is 1. The van der Waals surface area contributed by atoms with Gasteiger partial charge in [0.1, 0.15) is 0 Å². The Morgan fingerprint density at radius 1 is 1.60 bits per heavy atom. The maximum absolute atomic E-state index is 10.8. The molecule has 1 aromatic rings. The summed E-state index contributed by atoms with van der Waals surface area (Å²) >= 11 is 5.48. The second kappa shape index (κ2) is 2.84. The van der Waals surface area contributed by atoms with Crippen molar-refractivity contribution in [1.82, 2.24) is 10.2 Å². The molecular formula is C6H6ClN2O. The molecule has 0 aliphatic rings. The molecule has 0 atom stereocenters. The summed E-state index contributed by atoms with van der Waals surface area (Å²) in [4.78, 5) is 0. The third-order valence-electron chi connectivity index (χ3n) is 1.19. The van der Waals surface area contributed by atoms with E-state index < -0.39 is 0 Å². The summed E-state index contributed by atoms with van der Waals surface area (Å²) in [5.41, 5.74) is 0.611. The maximum Gasteiger partial charge on any atom is 0.291 e. The predicted octanol–water partition coefficient (Wildman–Crippen LogP) is 1.84. The number of aromatic nitrogens is 2. The van der Waals surface area contributed by atoms with Gasteiger partial charge in [0.05, 0.1) is 0 Å². The quantitative estimate of drug-likeness (QED) is 0.625. The van der Waals surface area contributed by atoms with Crippen molar-refractivity contribution in [3.8, 4) is 5.88 Å². The summed E-state index contributed by atoms with van der Waals surface area (Å²) in [5.74, 6) is -0.285. The molecule has 1 heterocycles. The lowest BCUT2D eigenvalue weighted by atomic mass is 10.2. The highest BCUT2D eigenvalue weighted by Crippen LogP contribution is 2.16. The van der Waals surface area contributed by atoms with E-state index in [1.54, 1.807) is 0 Å². The van der Waals surface area contributed by atoms with Crippen molar-refractivity contribution in [2.75, 3.05) is 0 Å². The fraction of sp³-hybridized carbons (Fsp3) is 0.333. The van der Waals surface area contributed by atoms with Crippen LogP contribution in [0.1, 0.15) is 12.5 Å². The third-order valence-corrected chi connectivity index (χ3v) is 1.37. The summed E-state index contributed by atoms with van der Waals surface area (Å²) in [6.45, 7) is 1.87. The van der Waals surface area contributed by atoms with Gasteiger partial charge in [-0.1, -0.05) is 18.5 Å². The zero-order chi connectivity index (χ0) is 7.56. The number of halogens is 1. The third kappa shape index (κ3) is 1.36. The topological polar surface area (TPSA) is 45.7 Å². The van der Waals surface area contributed by atoms with Crippen molar-refractivity contribution in [2.24, 2.45) is 0 Å². The Balaban J connectivity index is 3.09. The average Bonchev–Trinajstić information content (AvgIpc) is 1.94. The number of hydrogen-bond donors (Lipinski definition) is 0. The van der Waals surface area contributed by atoms with E-state index in [2.05, 4.69) is 10.2 Å². The monoisotopic (exact) mass is 157 g/mol. The molecule has 4 heteroatoms. The number of aryl methyl sites for hydroxylation is 1. The maximum atomic E-state index is 10.8. The molecule has 0 unspecified atom stereocenters. The van der Waals surface area contributed by atoms with Crippen molar-refractivity contribution in [3.63, 3.8) is 0 Å². The van der Waals surface area contributed by atoms with Crippen LogP contribution in [-0.2, 0) is 11.5 Å². The molecular weight excluding hydrogens is 152 g/mol. The van der Waals surface area contributed by atoms with Gasteiger partial charge >= 0.3 is 0 Å². The van der Waals surface area contributed by atoms with Crippen molar-refractivity contribution in [2.45, 2.75) is 13.3 Å².